The van der Waals surface area contributed by atoms with Crippen LogP contribution in [0.15, 0.2) is 42.6 Å². The maximum Gasteiger partial charge on any atom is 0.318 e. The maximum atomic E-state index is 11.7. The molecule has 8 nitrogen and oxygen atoms in total. The average Bonchev–Trinajstić information content (AvgIpc) is 2.88. The van der Waals surface area contributed by atoms with Gasteiger partial charge in [-0.25, -0.2) is 4.79 Å². The number of amides is 2. The molecule has 2 aromatic carbocycles. The van der Waals surface area contributed by atoms with Crippen LogP contribution in [-0.4, -0.2) is 49.7 Å². The molecule has 2 heterocycles. The third-order valence-electron chi connectivity index (χ3n) is 6.16. The second-order valence-corrected chi connectivity index (χ2v) is 9.37. The normalized spacial score (nSPS) is 14.3. The predicted molar refractivity (Wildman–Crippen MR) is 144 cm³/mol. The van der Waals surface area contributed by atoms with E-state index in [1.807, 2.05) is 18.2 Å². The summed E-state index contributed by atoms with van der Waals surface area (Å²) in [6.45, 7) is 2.74. The summed E-state index contributed by atoms with van der Waals surface area (Å²) in [4.78, 5) is 18.5. The monoisotopic (exact) mass is 585 g/mol. The quantitative estimate of drug-likeness (QED) is 0.288. The van der Waals surface area contributed by atoms with Crippen LogP contribution < -0.4 is 20.1 Å². The zero-order chi connectivity index (χ0) is 24.8. The maximum absolute atomic E-state index is 11.7. The summed E-state index contributed by atoms with van der Waals surface area (Å²) >= 11 is 2.25. The highest BCUT2D eigenvalue weighted by molar-refractivity contribution is 14.1. The third kappa shape index (κ3) is 6.13. The summed E-state index contributed by atoms with van der Waals surface area (Å²) < 4.78 is 13.0. The van der Waals surface area contributed by atoms with Crippen LogP contribution in [0.3, 0.4) is 0 Å². The van der Waals surface area contributed by atoms with Crippen molar-refractivity contribution in [3.63, 3.8) is 0 Å². The van der Waals surface area contributed by atoms with Crippen LogP contribution in [-0.2, 0) is 4.43 Å². The number of anilines is 1. The lowest BCUT2D eigenvalue weighted by molar-refractivity contribution is 0.160. The number of likely N-dealkylation sites (tertiary alicyclic amines) is 1. The molecular formula is C26H28IN5O3. The molecule has 2 N–H and O–H groups in total. The molecule has 1 aliphatic heterocycles. The number of alkyl halides is 1. The van der Waals surface area contributed by atoms with Crippen molar-refractivity contribution in [3.8, 4) is 23.3 Å². The molecule has 1 aliphatic rings. The molecule has 0 aliphatic carbocycles. The third-order valence-corrected chi connectivity index (χ3v) is 6.98. The van der Waals surface area contributed by atoms with E-state index in [1.54, 1.807) is 31.4 Å². The number of rotatable bonds is 7. The number of fused-ring (bicyclic) bond motifs is 1. The zero-order valence-electron chi connectivity index (χ0n) is 19.8. The Morgan fingerprint density at radius 3 is 2.74 bits per heavy atom. The molecule has 9 heteroatoms. The van der Waals surface area contributed by atoms with Gasteiger partial charge in [0.25, 0.3) is 0 Å². The number of nitrogens with zero attached hydrogens (tertiary/aromatic N) is 3. The highest BCUT2D eigenvalue weighted by Crippen LogP contribution is 2.35. The van der Waals surface area contributed by atoms with Crippen molar-refractivity contribution < 1.29 is 14.3 Å². The van der Waals surface area contributed by atoms with E-state index in [9.17, 15) is 10.1 Å². The first-order valence-corrected chi connectivity index (χ1v) is 13.0. The number of hydrogen-bond acceptors (Lipinski definition) is 6. The van der Waals surface area contributed by atoms with Crippen molar-refractivity contribution in [2.45, 2.75) is 17.3 Å². The fourth-order valence-corrected chi connectivity index (χ4v) is 4.69. The van der Waals surface area contributed by atoms with Crippen molar-refractivity contribution in [3.05, 3.63) is 53.7 Å². The molecule has 1 aromatic heterocycles. The predicted octanol–water partition coefficient (Wildman–Crippen LogP) is 5.31. The number of hydrogen-bond donors (Lipinski definition) is 2. The number of urea groups is 1. The molecule has 1 saturated heterocycles. The van der Waals surface area contributed by atoms with Crippen molar-refractivity contribution in [2.75, 3.05) is 39.1 Å². The summed E-state index contributed by atoms with van der Waals surface area (Å²) in [5.74, 6) is 2.27. The second-order valence-electron chi connectivity index (χ2n) is 8.60. The fourth-order valence-electron chi connectivity index (χ4n) is 4.06. The molecule has 4 rings (SSSR count). The van der Waals surface area contributed by atoms with Crippen molar-refractivity contribution in [2.24, 2.45) is 5.92 Å². The minimum atomic E-state index is -0.275. The number of aromatic nitrogens is 1. The second kappa shape index (κ2) is 11.6. The average molecular weight is 585 g/mol. The van der Waals surface area contributed by atoms with Gasteiger partial charge in [-0.1, -0.05) is 22.6 Å². The van der Waals surface area contributed by atoms with Crippen molar-refractivity contribution in [1.29, 1.82) is 5.26 Å². The molecule has 182 valence electrons. The van der Waals surface area contributed by atoms with Gasteiger partial charge in [0.05, 0.1) is 17.7 Å². The van der Waals surface area contributed by atoms with Crippen molar-refractivity contribution in [1.82, 2.24) is 15.2 Å². The summed E-state index contributed by atoms with van der Waals surface area (Å²) in [5, 5.41) is 15.9. The number of benzene rings is 2. The topological polar surface area (TPSA) is 99.5 Å². The molecule has 0 unspecified atom stereocenters. The highest BCUT2D eigenvalue weighted by atomic mass is 127. The first-order chi connectivity index (χ1) is 17.0. The van der Waals surface area contributed by atoms with Gasteiger partial charge in [-0.15, -0.1) is 0 Å². The van der Waals surface area contributed by atoms with E-state index in [1.165, 1.54) is 0 Å². The standard InChI is InChI=1S/C26H28IN5O3/c1-29-26(33)31-22-4-3-20(11-18(22)14-27)35-24-5-8-30-23-13-25(19(15-28)12-21(23)24)34-16-17-6-9-32(2)10-7-17/h3-5,8,11-13,17H,6-7,9-10,14,16H2,1-2H3,(H2,29,31,33). The van der Waals surface area contributed by atoms with Gasteiger partial charge in [0.1, 0.15) is 23.3 Å². The first kappa shape index (κ1) is 25.0. The minimum absolute atomic E-state index is 0.275. The van der Waals surface area contributed by atoms with E-state index in [2.05, 4.69) is 56.2 Å². The Balaban J connectivity index is 1.56. The largest absolute Gasteiger partial charge is 0.492 e. The van der Waals surface area contributed by atoms with E-state index in [-0.39, 0.29) is 6.03 Å². The van der Waals surface area contributed by atoms with Gasteiger partial charge in [0.15, 0.2) is 0 Å². The number of piperidine rings is 1. The first-order valence-electron chi connectivity index (χ1n) is 11.5. The lowest BCUT2D eigenvalue weighted by Gasteiger charge is -2.28. The zero-order valence-corrected chi connectivity index (χ0v) is 22.0. The Morgan fingerprint density at radius 2 is 2.03 bits per heavy atom. The van der Waals surface area contributed by atoms with Crippen LogP contribution in [0.2, 0.25) is 0 Å². The van der Waals surface area contributed by atoms with E-state index in [0.717, 1.165) is 42.6 Å². The highest BCUT2D eigenvalue weighted by Gasteiger charge is 2.19. The lowest BCUT2D eigenvalue weighted by atomic mass is 9.98. The SMILES string of the molecule is CNC(=O)Nc1ccc(Oc2ccnc3cc(OCC4CCN(C)CC4)c(C#N)cc23)cc1CI. The molecule has 0 atom stereocenters. The fraction of sp³-hybridized carbons (Fsp3) is 0.346. The van der Waals surface area contributed by atoms with Gasteiger partial charge < -0.3 is 25.0 Å². The molecule has 0 saturated carbocycles. The van der Waals surface area contributed by atoms with E-state index in [4.69, 9.17) is 9.47 Å². The molecule has 1 fully saturated rings. The van der Waals surface area contributed by atoms with Crippen LogP contribution in [0.25, 0.3) is 10.9 Å². The summed E-state index contributed by atoms with van der Waals surface area (Å²) in [6, 6.07) is 12.9. The minimum Gasteiger partial charge on any atom is -0.492 e. The van der Waals surface area contributed by atoms with E-state index in [0.29, 0.717) is 45.3 Å². The number of ether oxygens (including phenoxy) is 2. The van der Waals surface area contributed by atoms with Gasteiger partial charge in [0, 0.05) is 34.8 Å². The molecule has 35 heavy (non-hydrogen) atoms. The van der Waals surface area contributed by atoms with Gasteiger partial charge in [-0.3, -0.25) is 4.98 Å². The molecule has 2 amide bonds. The summed E-state index contributed by atoms with van der Waals surface area (Å²) in [6.07, 6.45) is 3.88. The van der Waals surface area contributed by atoms with Gasteiger partial charge in [-0.05, 0) is 74.8 Å². The van der Waals surface area contributed by atoms with E-state index >= 15 is 0 Å². The summed E-state index contributed by atoms with van der Waals surface area (Å²) in [7, 11) is 3.71. The van der Waals surface area contributed by atoms with Crippen LogP contribution in [0.1, 0.15) is 24.0 Å². The molecule has 3 aromatic rings. The van der Waals surface area contributed by atoms with Crippen LogP contribution >= 0.6 is 22.6 Å². The number of nitrogens with one attached hydrogen (secondary N) is 2. The Labute approximate surface area is 218 Å². The van der Waals surface area contributed by atoms with E-state index < -0.39 is 0 Å². The molecule has 0 bridgehead atoms. The van der Waals surface area contributed by atoms with Gasteiger partial charge in [0.2, 0.25) is 0 Å². The van der Waals surface area contributed by atoms with Crippen LogP contribution in [0.5, 0.6) is 17.2 Å². The van der Waals surface area contributed by atoms with Crippen LogP contribution in [0.4, 0.5) is 10.5 Å². The Hall–Kier alpha value is -3.10. The smallest absolute Gasteiger partial charge is 0.318 e. The van der Waals surface area contributed by atoms with Gasteiger partial charge >= 0.3 is 6.03 Å². The Morgan fingerprint density at radius 1 is 1.23 bits per heavy atom. The van der Waals surface area contributed by atoms with Crippen molar-refractivity contribution >= 4 is 45.2 Å². The number of pyridine rings is 1. The number of halogens is 1. The number of nitriles is 1. The molecule has 0 radical (unpaired) electrons. The lowest BCUT2D eigenvalue weighted by Crippen LogP contribution is -2.32. The number of carbonyl (C=O) groups is 1. The summed E-state index contributed by atoms with van der Waals surface area (Å²) in [5.41, 5.74) is 2.82. The Kier molecular flexibility index (Phi) is 8.25. The molecule has 0 spiro atoms. The Bertz CT molecular complexity index is 1250. The van der Waals surface area contributed by atoms with Crippen LogP contribution in [0, 0.1) is 17.2 Å². The van der Waals surface area contributed by atoms with Gasteiger partial charge in [-0.2, -0.15) is 5.26 Å². The molecular weight excluding hydrogens is 557 g/mol. The number of carbonyl (C=O) groups excluding carboxylic acids is 1.